The Bertz CT molecular complexity index is 802. The average molecular weight is 432 g/mol. The van der Waals surface area contributed by atoms with Gasteiger partial charge in [0.1, 0.15) is 11.6 Å². The first kappa shape index (κ1) is 25.4. The number of hydrogen-bond acceptors (Lipinski definition) is 7. The number of esters is 1. The summed E-state index contributed by atoms with van der Waals surface area (Å²) in [4.78, 5) is 31.6. The molecular weight excluding hydrogens is 404 g/mol. The Morgan fingerprint density at radius 1 is 1.10 bits per heavy atom. The Labute approximate surface area is 180 Å². The van der Waals surface area contributed by atoms with E-state index in [0.717, 1.165) is 11.3 Å². The minimum Gasteiger partial charge on any atom is -0.467 e. The van der Waals surface area contributed by atoms with Crippen LogP contribution >= 0.6 is 0 Å². The van der Waals surface area contributed by atoms with Crippen LogP contribution in [0.3, 0.4) is 0 Å². The fraction of sp³-hybridized carbons (Fsp3) is 0.579. The van der Waals surface area contributed by atoms with Crippen molar-refractivity contribution in [3.05, 3.63) is 50.7 Å². The number of methoxy groups -OCH3 is 1. The van der Waals surface area contributed by atoms with Gasteiger partial charge in [0.2, 0.25) is 0 Å². The van der Waals surface area contributed by atoms with E-state index >= 15 is 0 Å². The summed E-state index contributed by atoms with van der Waals surface area (Å²) in [5.41, 5.74) is 17.9. The van der Waals surface area contributed by atoms with E-state index in [0.29, 0.717) is 13.1 Å². The predicted octanol–water partition coefficient (Wildman–Crippen LogP) is 3.72. The van der Waals surface area contributed by atoms with Gasteiger partial charge in [-0.3, -0.25) is 0 Å². The van der Waals surface area contributed by atoms with Crippen molar-refractivity contribution in [2.75, 3.05) is 38.2 Å². The molecule has 1 aromatic carbocycles. The van der Waals surface area contributed by atoms with Crippen LogP contribution in [-0.4, -0.2) is 57.0 Å². The monoisotopic (exact) mass is 432 g/mol. The first-order valence-electron chi connectivity index (χ1n) is 9.63. The molecule has 0 heterocycles. The second-order valence-corrected chi connectivity index (χ2v) is 7.49. The van der Waals surface area contributed by atoms with Gasteiger partial charge in [0, 0.05) is 48.1 Å². The average Bonchev–Trinajstić information content (AvgIpc) is 2.71. The molecule has 0 bridgehead atoms. The van der Waals surface area contributed by atoms with Gasteiger partial charge in [-0.2, -0.15) is 0 Å². The molecule has 1 atom stereocenters. The first-order valence-corrected chi connectivity index (χ1v) is 9.63. The van der Waals surface area contributed by atoms with Crippen molar-refractivity contribution < 1.29 is 19.1 Å². The SMILES string of the molecule is COC(=O)[C@H](Cc1ccc(N(CCN=[N+]=[N-])CCN=[N+]=[N-])cc1)NC(=O)OC(C)(C)C. The molecule has 12 heteroatoms. The maximum absolute atomic E-state index is 12.1. The van der Waals surface area contributed by atoms with E-state index in [4.69, 9.17) is 20.5 Å². The lowest BCUT2D eigenvalue weighted by molar-refractivity contribution is -0.143. The lowest BCUT2D eigenvalue weighted by Crippen LogP contribution is -2.45. The van der Waals surface area contributed by atoms with E-state index < -0.39 is 23.7 Å². The molecule has 0 aliphatic heterocycles. The van der Waals surface area contributed by atoms with Gasteiger partial charge in [-0.25, -0.2) is 9.59 Å². The Morgan fingerprint density at radius 3 is 2.10 bits per heavy atom. The van der Waals surface area contributed by atoms with Crippen LogP contribution in [-0.2, 0) is 20.7 Å². The van der Waals surface area contributed by atoms with Gasteiger partial charge in [-0.15, -0.1) is 0 Å². The summed E-state index contributed by atoms with van der Waals surface area (Å²) >= 11 is 0. The molecule has 12 nitrogen and oxygen atoms in total. The molecule has 0 fully saturated rings. The van der Waals surface area contributed by atoms with E-state index in [1.165, 1.54) is 7.11 Å². The maximum Gasteiger partial charge on any atom is 0.408 e. The van der Waals surface area contributed by atoms with Crippen LogP contribution in [0, 0.1) is 0 Å². The van der Waals surface area contributed by atoms with Crippen LogP contribution in [0.25, 0.3) is 20.9 Å². The Balaban J connectivity index is 2.90. The standard InChI is InChI=1S/C19H28N8O4/c1-19(2,3)31-18(29)24-16(17(28)30-4)13-14-5-7-15(8-6-14)27(11-9-22-25-20)12-10-23-26-21/h5-8,16H,9-13H2,1-4H3,(H,24,29)/t16-/m0/s1. The van der Waals surface area contributed by atoms with Crippen LogP contribution < -0.4 is 10.2 Å². The van der Waals surface area contributed by atoms with Gasteiger partial charge in [0.05, 0.1) is 7.11 Å². The van der Waals surface area contributed by atoms with E-state index in [-0.39, 0.29) is 19.5 Å². The van der Waals surface area contributed by atoms with Crippen molar-refractivity contribution in [1.82, 2.24) is 5.32 Å². The summed E-state index contributed by atoms with van der Waals surface area (Å²) in [6.07, 6.45) is -0.495. The molecule has 1 aromatic rings. The molecule has 0 saturated heterocycles. The van der Waals surface area contributed by atoms with Crippen LogP contribution in [0.4, 0.5) is 10.5 Å². The fourth-order valence-corrected chi connectivity index (χ4v) is 2.65. The van der Waals surface area contributed by atoms with Crippen molar-refractivity contribution in [3.63, 3.8) is 0 Å². The van der Waals surface area contributed by atoms with Gasteiger partial charge in [0.15, 0.2) is 0 Å². The van der Waals surface area contributed by atoms with E-state index in [1.807, 2.05) is 29.2 Å². The minimum absolute atomic E-state index is 0.212. The molecule has 0 spiro atoms. The molecule has 0 saturated carbocycles. The summed E-state index contributed by atoms with van der Waals surface area (Å²) in [5.74, 6) is -0.583. The molecule has 1 rings (SSSR count). The van der Waals surface area contributed by atoms with E-state index in [9.17, 15) is 9.59 Å². The van der Waals surface area contributed by atoms with Gasteiger partial charge < -0.3 is 19.7 Å². The summed E-state index contributed by atoms with van der Waals surface area (Å²) in [6.45, 7) is 6.62. The van der Waals surface area contributed by atoms with Crippen LogP contribution in [0.5, 0.6) is 0 Å². The van der Waals surface area contributed by atoms with Crippen molar-refractivity contribution >= 4 is 17.7 Å². The quantitative estimate of drug-likeness (QED) is 0.243. The number of nitrogens with zero attached hydrogens (tertiary/aromatic N) is 7. The third-order valence-electron chi connectivity index (χ3n) is 3.98. The third-order valence-corrected chi connectivity index (χ3v) is 3.98. The minimum atomic E-state index is -0.906. The number of rotatable bonds is 11. The zero-order chi connectivity index (χ0) is 23.3. The number of benzene rings is 1. The zero-order valence-corrected chi connectivity index (χ0v) is 18.2. The highest BCUT2D eigenvalue weighted by molar-refractivity contribution is 5.81. The van der Waals surface area contributed by atoms with Crippen molar-refractivity contribution in [2.24, 2.45) is 10.2 Å². The van der Waals surface area contributed by atoms with Gasteiger partial charge in [-0.1, -0.05) is 22.4 Å². The van der Waals surface area contributed by atoms with Gasteiger partial charge in [0.25, 0.3) is 0 Å². The Hall–Kier alpha value is -3.62. The highest BCUT2D eigenvalue weighted by atomic mass is 16.6. The molecule has 31 heavy (non-hydrogen) atoms. The summed E-state index contributed by atoms with van der Waals surface area (Å²) in [5, 5.41) is 9.61. The number of carbonyl (C=O) groups excluding carboxylic acids is 2. The second kappa shape index (κ2) is 12.8. The number of alkyl carbamates (subject to hydrolysis) is 1. The molecule has 0 radical (unpaired) electrons. The number of amides is 1. The third kappa shape index (κ3) is 10.1. The molecule has 1 N–H and O–H groups in total. The lowest BCUT2D eigenvalue weighted by atomic mass is 10.1. The smallest absolute Gasteiger partial charge is 0.408 e. The zero-order valence-electron chi connectivity index (χ0n) is 18.2. The number of hydrogen-bond donors (Lipinski definition) is 1. The molecule has 0 aliphatic carbocycles. The van der Waals surface area contributed by atoms with Crippen molar-refractivity contribution in [3.8, 4) is 0 Å². The largest absolute Gasteiger partial charge is 0.467 e. The maximum atomic E-state index is 12.1. The second-order valence-electron chi connectivity index (χ2n) is 7.49. The Morgan fingerprint density at radius 2 is 1.65 bits per heavy atom. The molecule has 1 amide bonds. The van der Waals surface area contributed by atoms with E-state index in [2.05, 4.69) is 25.4 Å². The number of carbonyl (C=O) groups is 2. The van der Waals surface area contributed by atoms with Gasteiger partial charge >= 0.3 is 12.1 Å². The normalized spacial score (nSPS) is 11.4. The van der Waals surface area contributed by atoms with Crippen LogP contribution in [0.15, 0.2) is 34.5 Å². The van der Waals surface area contributed by atoms with Crippen LogP contribution in [0.1, 0.15) is 26.3 Å². The number of nitrogens with one attached hydrogen (secondary N) is 1. The Kier molecular flexibility index (Phi) is 10.5. The predicted molar refractivity (Wildman–Crippen MR) is 116 cm³/mol. The molecule has 0 unspecified atom stereocenters. The van der Waals surface area contributed by atoms with Crippen LogP contribution in [0.2, 0.25) is 0 Å². The number of anilines is 1. The highest BCUT2D eigenvalue weighted by Crippen LogP contribution is 2.17. The van der Waals surface area contributed by atoms with Crippen molar-refractivity contribution in [1.29, 1.82) is 0 Å². The lowest BCUT2D eigenvalue weighted by Gasteiger charge is -2.24. The number of ether oxygens (including phenoxy) is 2. The summed E-state index contributed by atoms with van der Waals surface area (Å²) in [7, 11) is 1.25. The topological polar surface area (TPSA) is 165 Å². The summed E-state index contributed by atoms with van der Waals surface area (Å²) < 4.78 is 10.0. The van der Waals surface area contributed by atoms with Gasteiger partial charge in [-0.05, 0) is 49.5 Å². The fourth-order valence-electron chi connectivity index (χ4n) is 2.65. The highest BCUT2D eigenvalue weighted by Gasteiger charge is 2.25. The molecule has 168 valence electrons. The summed E-state index contributed by atoms with van der Waals surface area (Å²) in [6, 6.07) is 6.40. The number of azide groups is 2. The molecular formula is C19H28N8O4. The first-order chi connectivity index (χ1) is 14.7. The molecule has 0 aliphatic rings. The molecule has 0 aromatic heterocycles. The van der Waals surface area contributed by atoms with E-state index in [1.54, 1.807) is 20.8 Å². The van der Waals surface area contributed by atoms with Crippen molar-refractivity contribution in [2.45, 2.75) is 38.8 Å².